The van der Waals surface area contributed by atoms with Gasteiger partial charge < -0.3 is 21.1 Å². The van der Waals surface area contributed by atoms with Crippen LogP contribution < -0.4 is 16.4 Å². The number of carbonyl (C=O) groups excluding carboxylic acids is 3. The fraction of sp³-hybridized carbons (Fsp3) is 0.211. The summed E-state index contributed by atoms with van der Waals surface area (Å²) in [6, 6.07) is 15.1. The van der Waals surface area contributed by atoms with E-state index in [-0.39, 0.29) is 19.6 Å². The van der Waals surface area contributed by atoms with Gasteiger partial charge in [-0.05, 0) is 23.3 Å². The van der Waals surface area contributed by atoms with Crippen molar-refractivity contribution in [3.05, 3.63) is 70.7 Å². The van der Waals surface area contributed by atoms with Crippen molar-refractivity contribution in [2.75, 3.05) is 6.54 Å². The second-order valence-electron chi connectivity index (χ2n) is 5.77. The third-order valence-electron chi connectivity index (χ3n) is 3.61. The Labute approximate surface area is 161 Å². The first kappa shape index (κ1) is 20.3. The van der Waals surface area contributed by atoms with E-state index in [2.05, 4.69) is 10.6 Å². The quantitative estimate of drug-likeness (QED) is 0.639. The number of nitrogens with two attached hydrogens (primary N) is 1. The highest BCUT2D eigenvalue weighted by Crippen LogP contribution is 2.12. The summed E-state index contributed by atoms with van der Waals surface area (Å²) in [5, 5.41) is 5.33. The highest BCUT2D eigenvalue weighted by atomic mass is 35.5. The molecule has 3 amide bonds. The van der Waals surface area contributed by atoms with Crippen LogP contribution in [-0.2, 0) is 27.4 Å². The van der Waals surface area contributed by atoms with Crippen LogP contribution in [0.5, 0.6) is 0 Å². The number of amides is 3. The highest BCUT2D eigenvalue weighted by Gasteiger charge is 2.19. The van der Waals surface area contributed by atoms with Crippen LogP contribution >= 0.6 is 11.6 Å². The highest BCUT2D eigenvalue weighted by molar-refractivity contribution is 6.30. The second kappa shape index (κ2) is 10.2. The van der Waals surface area contributed by atoms with Crippen LogP contribution in [0.1, 0.15) is 11.1 Å². The van der Waals surface area contributed by atoms with E-state index in [4.69, 9.17) is 22.1 Å². The first-order valence-corrected chi connectivity index (χ1v) is 8.59. The average Bonchev–Trinajstić information content (AvgIpc) is 2.65. The summed E-state index contributed by atoms with van der Waals surface area (Å²) in [7, 11) is 0. The first-order valence-electron chi connectivity index (χ1n) is 8.21. The topological polar surface area (TPSA) is 111 Å². The van der Waals surface area contributed by atoms with E-state index in [9.17, 15) is 14.4 Å². The molecule has 0 fully saturated rings. The molecule has 0 bridgehead atoms. The van der Waals surface area contributed by atoms with Gasteiger partial charge in [0.15, 0.2) is 0 Å². The zero-order chi connectivity index (χ0) is 19.6. The second-order valence-corrected chi connectivity index (χ2v) is 6.21. The van der Waals surface area contributed by atoms with Gasteiger partial charge in [-0.1, -0.05) is 54.1 Å². The molecule has 27 heavy (non-hydrogen) atoms. The largest absolute Gasteiger partial charge is 0.445 e. The molecule has 2 rings (SSSR count). The van der Waals surface area contributed by atoms with Gasteiger partial charge in [0.2, 0.25) is 11.8 Å². The van der Waals surface area contributed by atoms with E-state index >= 15 is 0 Å². The minimum Gasteiger partial charge on any atom is -0.445 e. The zero-order valence-electron chi connectivity index (χ0n) is 14.5. The van der Waals surface area contributed by atoms with Crippen LogP contribution in [-0.4, -0.2) is 30.5 Å². The molecular weight excluding hydrogens is 370 g/mol. The van der Waals surface area contributed by atoms with E-state index in [0.29, 0.717) is 5.02 Å². The summed E-state index contributed by atoms with van der Waals surface area (Å²) in [6.45, 7) is -0.250. The summed E-state index contributed by atoms with van der Waals surface area (Å²) in [6.07, 6.45) is -0.542. The number of primary amides is 1. The minimum atomic E-state index is -0.918. The molecule has 4 N–H and O–H groups in total. The molecule has 0 aliphatic rings. The van der Waals surface area contributed by atoms with E-state index in [1.165, 1.54) is 0 Å². The number of alkyl carbamates (subject to hydrolysis) is 1. The number of carbonyl (C=O) groups is 3. The zero-order valence-corrected chi connectivity index (χ0v) is 15.2. The Morgan fingerprint density at radius 1 is 1.04 bits per heavy atom. The van der Waals surface area contributed by atoms with Crippen LogP contribution in [0.2, 0.25) is 5.02 Å². The molecule has 142 valence electrons. The third kappa shape index (κ3) is 7.37. The number of benzene rings is 2. The molecule has 0 aliphatic carbocycles. The lowest BCUT2D eigenvalue weighted by atomic mass is 10.1. The third-order valence-corrected chi connectivity index (χ3v) is 3.85. The fourth-order valence-corrected chi connectivity index (χ4v) is 2.51. The van der Waals surface area contributed by atoms with Crippen molar-refractivity contribution in [2.24, 2.45) is 5.73 Å². The Balaban J connectivity index is 1.78. The number of hydrogen-bond acceptors (Lipinski definition) is 4. The maximum absolute atomic E-state index is 12.0. The Morgan fingerprint density at radius 3 is 2.41 bits per heavy atom. The predicted octanol–water partition coefficient (Wildman–Crippen LogP) is 1.78. The Hall–Kier alpha value is -3.06. The van der Waals surface area contributed by atoms with Crippen molar-refractivity contribution in [1.82, 2.24) is 10.6 Å². The van der Waals surface area contributed by atoms with Crippen LogP contribution in [0.3, 0.4) is 0 Å². The lowest BCUT2D eigenvalue weighted by molar-refractivity contribution is -0.126. The molecule has 0 unspecified atom stereocenters. The Morgan fingerprint density at radius 2 is 1.74 bits per heavy atom. The van der Waals surface area contributed by atoms with Crippen LogP contribution in [0.4, 0.5) is 4.79 Å². The van der Waals surface area contributed by atoms with Crippen molar-refractivity contribution >= 4 is 29.5 Å². The van der Waals surface area contributed by atoms with E-state index in [1.54, 1.807) is 24.3 Å². The van der Waals surface area contributed by atoms with Gasteiger partial charge >= 0.3 is 6.09 Å². The maximum Gasteiger partial charge on any atom is 0.407 e. The van der Waals surface area contributed by atoms with Gasteiger partial charge in [-0.2, -0.15) is 0 Å². The molecule has 1 atom stereocenters. The number of nitrogens with one attached hydrogen (secondary N) is 2. The van der Waals surface area contributed by atoms with Gasteiger partial charge in [-0.25, -0.2) is 4.79 Å². The van der Waals surface area contributed by atoms with Gasteiger partial charge in [0.25, 0.3) is 0 Å². The maximum atomic E-state index is 12.0. The van der Waals surface area contributed by atoms with Crippen molar-refractivity contribution in [3.8, 4) is 0 Å². The van der Waals surface area contributed by atoms with Crippen molar-refractivity contribution in [1.29, 1.82) is 0 Å². The molecule has 0 aliphatic heterocycles. The van der Waals surface area contributed by atoms with Gasteiger partial charge in [0.1, 0.15) is 19.2 Å². The number of halogens is 1. The molecule has 0 aromatic heterocycles. The molecule has 2 aromatic carbocycles. The summed E-state index contributed by atoms with van der Waals surface area (Å²) >= 11 is 5.91. The molecule has 0 radical (unpaired) electrons. The molecule has 7 nitrogen and oxygen atoms in total. The summed E-state index contributed by atoms with van der Waals surface area (Å²) in [5.41, 5.74) is 6.92. The van der Waals surface area contributed by atoms with E-state index in [1.807, 2.05) is 30.3 Å². The van der Waals surface area contributed by atoms with E-state index in [0.717, 1.165) is 11.1 Å². The number of rotatable bonds is 8. The van der Waals surface area contributed by atoms with Crippen LogP contribution in [0.25, 0.3) is 0 Å². The van der Waals surface area contributed by atoms with E-state index < -0.39 is 23.9 Å². The van der Waals surface area contributed by atoms with Gasteiger partial charge in [-0.3, -0.25) is 9.59 Å². The summed E-state index contributed by atoms with van der Waals surface area (Å²) < 4.78 is 5.00. The lowest BCUT2D eigenvalue weighted by Crippen LogP contribution is -2.49. The molecule has 0 heterocycles. The normalized spacial score (nSPS) is 11.3. The van der Waals surface area contributed by atoms with Gasteiger partial charge in [0.05, 0.1) is 0 Å². The number of ether oxygens (including phenoxy) is 1. The van der Waals surface area contributed by atoms with Gasteiger partial charge in [-0.15, -0.1) is 0 Å². The number of hydrogen-bond donors (Lipinski definition) is 3. The van der Waals surface area contributed by atoms with Crippen LogP contribution in [0, 0.1) is 0 Å². The summed E-state index contributed by atoms with van der Waals surface area (Å²) in [5.74, 6) is -1.24. The van der Waals surface area contributed by atoms with Crippen molar-refractivity contribution in [2.45, 2.75) is 19.1 Å². The van der Waals surface area contributed by atoms with Gasteiger partial charge in [0, 0.05) is 11.4 Å². The molecule has 0 spiro atoms. The van der Waals surface area contributed by atoms with Crippen molar-refractivity contribution < 1.29 is 19.1 Å². The monoisotopic (exact) mass is 389 g/mol. The van der Waals surface area contributed by atoms with Crippen molar-refractivity contribution in [3.63, 3.8) is 0 Å². The predicted molar refractivity (Wildman–Crippen MR) is 101 cm³/mol. The average molecular weight is 390 g/mol. The first-order chi connectivity index (χ1) is 12.9. The summed E-state index contributed by atoms with van der Waals surface area (Å²) in [4.78, 5) is 35.2. The standard InChI is InChI=1S/C19H20ClN3O4/c20-15-8-4-7-14(9-15)10-16(18(21)25)23-17(24)11-22-19(26)27-12-13-5-2-1-3-6-13/h1-9,16H,10-12H2,(H2,21,25)(H,22,26)(H,23,24)/t16-/m1/s1. The molecule has 2 aromatic rings. The van der Waals surface area contributed by atoms with Crippen LogP contribution in [0.15, 0.2) is 54.6 Å². The molecule has 8 heteroatoms. The molecular formula is C19H20ClN3O4. The molecule has 0 saturated carbocycles. The molecule has 0 saturated heterocycles. The smallest absolute Gasteiger partial charge is 0.407 e. The Kier molecular flexibility index (Phi) is 7.63. The fourth-order valence-electron chi connectivity index (χ4n) is 2.29. The lowest BCUT2D eigenvalue weighted by Gasteiger charge is -2.16. The SMILES string of the molecule is NC(=O)[C@@H](Cc1cccc(Cl)c1)NC(=O)CNC(=O)OCc1ccccc1. The minimum absolute atomic E-state index is 0.0902. The Bertz CT molecular complexity index is 799.